The van der Waals surface area contributed by atoms with E-state index in [1.807, 2.05) is 11.3 Å². The zero-order valence-corrected chi connectivity index (χ0v) is 12.9. The van der Waals surface area contributed by atoms with E-state index in [1.54, 1.807) is 0 Å². The summed E-state index contributed by atoms with van der Waals surface area (Å²) in [6.45, 7) is 9.12. The first kappa shape index (κ1) is 14.2. The highest BCUT2D eigenvalue weighted by molar-refractivity contribution is 9.09. The Labute approximate surface area is 111 Å². The van der Waals surface area contributed by atoms with Gasteiger partial charge in [-0.05, 0) is 44.2 Å². The second-order valence-electron chi connectivity index (χ2n) is 5.35. The number of rotatable bonds is 5. The molecule has 1 N–H and O–H groups in total. The molecule has 1 aromatic heterocycles. The maximum absolute atomic E-state index is 8.91. The van der Waals surface area contributed by atoms with Gasteiger partial charge in [-0.25, -0.2) is 0 Å². The molecule has 0 radical (unpaired) electrons. The Morgan fingerprint density at radius 3 is 2.19 bits per heavy atom. The van der Waals surface area contributed by atoms with Gasteiger partial charge in [-0.3, -0.25) is 0 Å². The summed E-state index contributed by atoms with van der Waals surface area (Å²) in [5.41, 5.74) is 0.171. The van der Waals surface area contributed by atoms with Crippen LogP contribution in [0.3, 0.4) is 0 Å². The van der Waals surface area contributed by atoms with Crippen molar-refractivity contribution in [1.82, 2.24) is 0 Å². The molecule has 0 fully saturated rings. The highest BCUT2D eigenvalue weighted by atomic mass is 79.9. The second-order valence-corrected chi connectivity index (χ2v) is 8.41. The quantitative estimate of drug-likeness (QED) is 0.798. The lowest BCUT2D eigenvalue weighted by molar-refractivity contribution is 0.269. The Morgan fingerprint density at radius 2 is 1.75 bits per heavy atom. The predicted molar refractivity (Wildman–Crippen MR) is 75.6 cm³/mol. The fourth-order valence-corrected chi connectivity index (χ4v) is 3.17. The summed E-state index contributed by atoms with van der Waals surface area (Å²) in [4.78, 5) is 2.77. The van der Waals surface area contributed by atoms with Gasteiger partial charge in [0.05, 0.1) is 4.32 Å². The molecule has 0 aliphatic rings. The highest BCUT2D eigenvalue weighted by Gasteiger charge is 2.25. The van der Waals surface area contributed by atoms with Crippen LogP contribution < -0.4 is 0 Å². The van der Waals surface area contributed by atoms with Gasteiger partial charge in [0.1, 0.15) is 0 Å². The Hall–Kier alpha value is 0.140. The molecule has 0 aliphatic carbocycles. The molecule has 0 amide bonds. The Bertz CT molecular complexity index is 336. The van der Waals surface area contributed by atoms with Crippen LogP contribution in [-0.4, -0.2) is 11.7 Å². The van der Waals surface area contributed by atoms with Crippen molar-refractivity contribution < 1.29 is 5.11 Å². The molecule has 1 nitrogen and oxygen atoms in total. The summed E-state index contributed by atoms with van der Waals surface area (Å²) in [5, 5.41) is 8.91. The van der Waals surface area contributed by atoms with Crippen LogP contribution in [0.2, 0.25) is 0 Å². The number of hydrogen-bond donors (Lipinski definition) is 1. The van der Waals surface area contributed by atoms with E-state index >= 15 is 0 Å². The topological polar surface area (TPSA) is 20.2 Å². The van der Waals surface area contributed by atoms with Gasteiger partial charge < -0.3 is 5.11 Å². The number of hydrogen-bond acceptors (Lipinski definition) is 2. The summed E-state index contributed by atoms with van der Waals surface area (Å²) in [7, 11) is 0. The number of halogens is 1. The first-order chi connectivity index (χ1) is 7.27. The van der Waals surface area contributed by atoms with Crippen LogP contribution in [0.5, 0.6) is 0 Å². The first-order valence-electron chi connectivity index (χ1n) is 5.68. The van der Waals surface area contributed by atoms with Crippen molar-refractivity contribution in [3.8, 4) is 0 Å². The summed E-state index contributed by atoms with van der Waals surface area (Å²) < 4.78 is 0.0585. The van der Waals surface area contributed by atoms with Crippen LogP contribution >= 0.6 is 27.3 Å². The highest BCUT2D eigenvalue weighted by Crippen LogP contribution is 2.40. The second kappa shape index (κ2) is 5.19. The lowest BCUT2D eigenvalue weighted by Crippen LogP contribution is -2.15. The molecule has 92 valence electrons. The molecule has 1 heterocycles. The molecule has 0 aromatic carbocycles. The SMILES string of the molecule is CC(C)(Br)c1ccc(C(C)(C)CCCO)s1. The van der Waals surface area contributed by atoms with Gasteiger partial charge in [0, 0.05) is 16.4 Å². The van der Waals surface area contributed by atoms with Gasteiger partial charge in [-0.1, -0.05) is 29.8 Å². The number of thiophene rings is 1. The first-order valence-corrected chi connectivity index (χ1v) is 7.29. The lowest BCUT2D eigenvalue weighted by Gasteiger charge is -2.23. The summed E-state index contributed by atoms with van der Waals surface area (Å²) in [6.07, 6.45) is 1.91. The van der Waals surface area contributed by atoms with Crippen molar-refractivity contribution in [2.75, 3.05) is 6.61 Å². The zero-order valence-electron chi connectivity index (χ0n) is 10.5. The average Bonchev–Trinajstić information content (AvgIpc) is 2.63. The van der Waals surface area contributed by atoms with E-state index < -0.39 is 0 Å². The third kappa shape index (κ3) is 3.57. The van der Waals surface area contributed by atoms with Crippen molar-refractivity contribution in [1.29, 1.82) is 0 Å². The van der Waals surface area contributed by atoms with Gasteiger partial charge in [0.15, 0.2) is 0 Å². The van der Waals surface area contributed by atoms with E-state index in [2.05, 4.69) is 55.8 Å². The van der Waals surface area contributed by atoms with E-state index in [-0.39, 0.29) is 16.3 Å². The zero-order chi connectivity index (χ0) is 12.4. The fourth-order valence-electron chi connectivity index (χ4n) is 1.67. The molecule has 3 heteroatoms. The van der Waals surface area contributed by atoms with E-state index in [0.29, 0.717) is 0 Å². The van der Waals surface area contributed by atoms with Crippen LogP contribution in [-0.2, 0) is 9.74 Å². The molecular formula is C13H21BrOS. The number of alkyl halides is 1. The summed E-state index contributed by atoms with van der Waals surface area (Å²) >= 11 is 5.56. The average molecular weight is 305 g/mol. The standard InChI is InChI=1S/C13H21BrOS/c1-12(2,8-5-9-15)10-6-7-11(16-10)13(3,4)14/h6-7,15H,5,8-9H2,1-4H3. The van der Waals surface area contributed by atoms with Crippen molar-refractivity contribution in [3.05, 3.63) is 21.9 Å². The minimum Gasteiger partial charge on any atom is -0.396 e. The molecule has 0 atom stereocenters. The normalized spacial score (nSPS) is 13.1. The van der Waals surface area contributed by atoms with Crippen molar-refractivity contribution in [3.63, 3.8) is 0 Å². The van der Waals surface area contributed by atoms with Gasteiger partial charge in [-0.2, -0.15) is 0 Å². The van der Waals surface area contributed by atoms with Crippen LogP contribution in [0.25, 0.3) is 0 Å². The molecule has 16 heavy (non-hydrogen) atoms. The minimum absolute atomic E-state index is 0.0585. The Morgan fingerprint density at radius 1 is 1.19 bits per heavy atom. The van der Waals surface area contributed by atoms with E-state index in [0.717, 1.165) is 12.8 Å². The van der Waals surface area contributed by atoms with Crippen LogP contribution in [0.1, 0.15) is 50.3 Å². The molecule has 1 aromatic rings. The molecule has 1 rings (SSSR count). The largest absolute Gasteiger partial charge is 0.396 e. The molecule has 0 unspecified atom stereocenters. The van der Waals surface area contributed by atoms with E-state index in [4.69, 9.17) is 5.11 Å². The smallest absolute Gasteiger partial charge is 0.0543 e. The lowest BCUT2D eigenvalue weighted by atomic mass is 9.86. The summed E-state index contributed by atoms with van der Waals surface area (Å²) in [5.74, 6) is 0. The fraction of sp³-hybridized carbons (Fsp3) is 0.692. The van der Waals surface area contributed by atoms with E-state index in [9.17, 15) is 0 Å². The molecule has 0 aliphatic heterocycles. The third-order valence-electron chi connectivity index (χ3n) is 2.82. The molecule has 0 saturated carbocycles. The molecule has 0 saturated heterocycles. The maximum atomic E-state index is 8.91. The number of aliphatic hydroxyl groups is 1. The Kier molecular flexibility index (Phi) is 4.61. The maximum Gasteiger partial charge on any atom is 0.0543 e. The predicted octanol–water partition coefficient (Wildman–Crippen LogP) is 4.43. The molecule has 0 spiro atoms. The van der Waals surface area contributed by atoms with Crippen molar-refractivity contribution in [2.45, 2.75) is 50.3 Å². The van der Waals surface area contributed by atoms with Crippen LogP contribution in [0, 0.1) is 0 Å². The van der Waals surface area contributed by atoms with Crippen molar-refractivity contribution in [2.24, 2.45) is 0 Å². The van der Waals surface area contributed by atoms with Crippen molar-refractivity contribution >= 4 is 27.3 Å². The van der Waals surface area contributed by atoms with Crippen LogP contribution in [0.4, 0.5) is 0 Å². The third-order valence-corrected chi connectivity index (χ3v) is 5.28. The molecule has 0 bridgehead atoms. The Balaban J connectivity index is 2.84. The summed E-state index contributed by atoms with van der Waals surface area (Å²) in [6, 6.07) is 4.43. The number of aliphatic hydroxyl groups excluding tert-OH is 1. The monoisotopic (exact) mass is 304 g/mol. The van der Waals surface area contributed by atoms with Gasteiger partial charge in [0.25, 0.3) is 0 Å². The van der Waals surface area contributed by atoms with E-state index in [1.165, 1.54) is 9.75 Å². The van der Waals surface area contributed by atoms with Gasteiger partial charge in [0.2, 0.25) is 0 Å². The minimum atomic E-state index is 0.0585. The molecular weight excluding hydrogens is 284 g/mol. The van der Waals surface area contributed by atoms with Gasteiger partial charge in [-0.15, -0.1) is 11.3 Å². The van der Waals surface area contributed by atoms with Gasteiger partial charge >= 0.3 is 0 Å². The van der Waals surface area contributed by atoms with Crippen LogP contribution in [0.15, 0.2) is 12.1 Å².